The Morgan fingerprint density at radius 3 is 2.72 bits per heavy atom. The van der Waals surface area contributed by atoms with Crippen molar-refractivity contribution in [2.45, 2.75) is 0 Å². The second kappa shape index (κ2) is 5.01. The summed E-state index contributed by atoms with van der Waals surface area (Å²) in [6.45, 7) is 0. The Hall–Kier alpha value is -2.81. The second-order valence-electron chi connectivity index (χ2n) is 3.38. The predicted molar refractivity (Wildman–Crippen MR) is 64.2 cm³/mol. The van der Waals surface area contributed by atoms with Gasteiger partial charge in [0.25, 0.3) is 0 Å². The number of nitrogens with two attached hydrogens (primary N) is 1. The highest BCUT2D eigenvalue weighted by Gasteiger charge is 2.05. The summed E-state index contributed by atoms with van der Waals surface area (Å²) in [6, 6.07) is 8.49. The monoisotopic (exact) mass is 242 g/mol. The molecule has 0 aliphatic heterocycles. The molecule has 6 heteroatoms. The Bertz CT molecular complexity index is 607. The van der Waals surface area contributed by atoms with Crippen LogP contribution in [0.2, 0.25) is 0 Å². The van der Waals surface area contributed by atoms with Gasteiger partial charge in [-0.25, -0.2) is 4.98 Å². The molecule has 1 aromatic heterocycles. The maximum absolute atomic E-state index is 8.88. The molecule has 0 saturated heterocycles. The number of ether oxygens (including phenoxy) is 2. The zero-order valence-electron chi connectivity index (χ0n) is 9.62. The summed E-state index contributed by atoms with van der Waals surface area (Å²) in [5, 5.41) is 8.88. The number of aromatic nitrogens is 2. The minimum absolute atomic E-state index is 0.118. The summed E-state index contributed by atoms with van der Waals surface area (Å²) in [7, 11) is 1.51. The van der Waals surface area contributed by atoms with Crippen molar-refractivity contribution in [3.05, 3.63) is 36.0 Å². The fourth-order valence-corrected chi connectivity index (χ4v) is 1.32. The summed E-state index contributed by atoms with van der Waals surface area (Å²) in [6.07, 6.45) is 1.49. The van der Waals surface area contributed by atoms with Crippen LogP contribution < -0.4 is 15.2 Å². The largest absolute Gasteiger partial charge is 0.497 e. The highest BCUT2D eigenvalue weighted by atomic mass is 16.5. The smallest absolute Gasteiger partial charge is 0.323 e. The third kappa shape index (κ3) is 2.65. The van der Waals surface area contributed by atoms with Crippen LogP contribution in [-0.4, -0.2) is 17.1 Å². The van der Waals surface area contributed by atoms with E-state index in [-0.39, 0.29) is 6.01 Å². The molecule has 2 aromatic rings. The van der Waals surface area contributed by atoms with E-state index in [1.165, 1.54) is 13.3 Å². The number of nitrogen functional groups attached to an aromatic ring is 1. The van der Waals surface area contributed by atoms with Gasteiger partial charge >= 0.3 is 6.01 Å². The second-order valence-corrected chi connectivity index (χ2v) is 3.38. The summed E-state index contributed by atoms with van der Waals surface area (Å²) in [5.74, 6) is 1.24. The number of anilines is 1. The zero-order chi connectivity index (χ0) is 13.0. The Morgan fingerprint density at radius 1 is 1.28 bits per heavy atom. The first-order valence-corrected chi connectivity index (χ1v) is 5.07. The lowest BCUT2D eigenvalue weighted by Crippen LogP contribution is -1.96. The molecule has 0 fully saturated rings. The molecule has 2 rings (SSSR count). The van der Waals surface area contributed by atoms with Gasteiger partial charge in [0.15, 0.2) is 0 Å². The molecule has 0 atom stereocenters. The highest BCUT2D eigenvalue weighted by Crippen LogP contribution is 2.25. The van der Waals surface area contributed by atoms with Crippen LogP contribution in [0.4, 0.5) is 5.82 Å². The lowest BCUT2D eigenvalue weighted by molar-refractivity contribution is 0.404. The van der Waals surface area contributed by atoms with E-state index < -0.39 is 0 Å². The van der Waals surface area contributed by atoms with Gasteiger partial charge in [-0.15, -0.1) is 0 Å². The molecule has 6 nitrogen and oxygen atoms in total. The van der Waals surface area contributed by atoms with Crippen molar-refractivity contribution in [2.24, 2.45) is 0 Å². The molecule has 0 aliphatic rings. The van der Waals surface area contributed by atoms with E-state index in [1.807, 2.05) is 6.07 Å². The summed E-state index contributed by atoms with van der Waals surface area (Å²) in [4.78, 5) is 7.81. The fourth-order valence-electron chi connectivity index (χ4n) is 1.32. The topological polar surface area (TPSA) is 94.0 Å². The van der Waals surface area contributed by atoms with Gasteiger partial charge < -0.3 is 15.2 Å². The van der Waals surface area contributed by atoms with Gasteiger partial charge in [-0.05, 0) is 18.2 Å². The van der Waals surface area contributed by atoms with E-state index in [1.54, 1.807) is 24.3 Å². The van der Waals surface area contributed by atoms with E-state index in [4.69, 9.17) is 20.5 Å². The Kier molecular flexibility index (Phi) is 3.25. The molecule has 18 heavy (non-hydrogen) atoms. The minimum atomic E-state index is 0.118. The van der Waals surface area contributed by atoms with Gasteiger partial charge in [0, 0.05) is 12.3 Å². The molecular formula is C12H10N4O2. The Balaban J connectivity index is 2.31. The van der Waals surface area contributed by atoms with Crippen LogP contribution in [0.5, 0.6) is 17.5 Å². The average molecular weight is 242 g/mol. The van der Waals surface area contributed by atoms with Crippen molar-refractivity contribution >= 4 is 5.82 Å². The lowest BCUT2D eigenvalue weighted by atomic mass is 10.2. The molecule has 0 amide bonds. The summed E-state index contributed by atoms with van der Waals surface area (Å²) >= 11 is 0. The van der Waals surface area contributed by atoms with Crippen LogP contribution in [0.25, 0.3) is 0 Å². The number of benzene rings is 1. The van der Waals surface area contributed by atoms with Crippen LogP contribution in [-0.2, 0) is 0 Å². The molecule has 0 saturated carbocycles. The molecule has 90 valence electrons. The maximum Gasteiger partial charge on any atom is 0.323 e. The first-order chi connectivity index (χ1) is 8.71. The van der Waals surface area contributed by atoms with E-state index in [0.29, 0.717) is 22.9 Å². The minimum Gasteiger partial charge on any atom is -0.497 e. The van der Waals surface area contributed by atoms with Crippen LogP contribution in [0, 0.1) is 11.3 Å². The Labute approximate surface area is 104 Å². The van der Waals surface area contributed by atoms with Crippen LogP contribution >= 0.6 is 0 Å². The molecule has 1 heterocycles. The number of methoxy groups -OCH3 is 1. The van der Waals surface area contributed by atoms with Gasteiger partial charge in [-0.3, -0.25) is 0 Å². The standard InChI is InChI=1S/C12H10N4O2/c1-17-9-4-8(7-13)5-10(6-9)18-12-15-3-2-11(14)16-12/h2-6H,1H3,(H2,14,15,16). The number of rotatable bonds is 3. The molecule has 1 aromatic carbocycles. The molecule has 2 N–H and O–H groups in total. The van der Waals surface area contributed by atoms with Crippen LogP contribution in [0.1, 0.15) is 5.56 Å². The Morgan fingerprint density at radius 2 is 2.06 bits per heavy atom. The van der Waals surface area contributed by atoms with Gasteiger partial charge in [-0.2, -0.15) is 10.2 Å². The highest BCUT2D eigenvalue weighted by molar-refractivity contribution is 5.44. The zero-order valence-corrected chi connectivity index (χ0v) is 9.62. The van der Waals surface area contributed by atoms with Crippen molar-refractivity contribution in [2.75, 3.05) is 12.8 Å². The number of nitriles is 1. The maximum atomic E-state index is 8.88. The predicted octanol–water partition coefficient (Wildman–Crippen LogP) is 1.73. The first kappa shape index (κ1) is 11.7. The van der Waals surface area contributed by atoms with Crippen LogP contribution in [0.3, 0.4) is 0 Å². The number of hydrogen-bond donors (Lipinski definition) is 1. The van der Waals surface area contributed by atoms with Crippen molar-refractivity contribution < 1.29 is 9.47 Å². The molecule has 0 bridgehead atoms. The molecule has 0 spiro atoms. The van der Waals surface area contributed by atoms with Gasteiger partial charge in [0.2, 0.25) is 0 Å². The van der Waals surface area contributed by atoms with E-state index in [9.17, 15) is 0 Å². The van der Waals surface area contributed by atoms with Gasteiger partial charge in [0.05, 0.1) is 18.7 Å². The van der Waals surface area contributed by atoms with Crippen molar-refractivity contribution in [3.8, 4) is 23.6 Å². The van der Waals surface area contributed by atoms with E-state index in [0.717, 1.165) is 0 Å². The van der Waals surface area contributed by atoms with Crippen molar-refractivity contribution in [1.29, 1.82) is 5.26 Å². The van der Waals surface area contributed by atoms with Crippen molar-refractivity contribution in [1.82, 2.24) is 9.97 Å². The van der Waals surface area contributed by atoms with Crippen LogP contribution in [0.15, 0.2) is 30.5 Å². The van der Waals surface area contributed by atoms with Crippen molar-refractivity contribution in [3.63, 3.8) is 0 Å². The normalized spacial score (nSPS) is 9.56. The van der Waals surface area contributed by atoms with Gasteiger partial charge in [0.1, 0.15) is 17.3 Å². The van der Waals surface area contributed by atoms with Gasteiger partial charge in [-0.1, -0.05) is 0 Å². The van der Waals surface area contributed by atoms with E-state index in [2.05, 4.69) is 9.97 Å². The summed E-state index contributed by atoms with van der Waals surface area (Å²) in [5.41, 5.74) is 5.94. The molecule has 0 radical (unpaired) electrons. The number of hydrogen-bond acceptors (Lipinski definition) is 6. The molecular weight excluding hydrogens is 232 g/mol. The average Bonchev–Trinajstić information content (AvgIpc) is 2.38. The third-order valence-corrected chi connectivity index (χ3v) is 2.11. The first-order valence-electron chi connectivity index (χ1n) is 5.07. The number of nitrogens with zero attached hydrogens (tertiary/aromatic N) is 3. The molecule has 0 aliphatic carbocycles. The summed E-state index contributed by atoms with van der Waals surface area (Å²) < 4.78 is 10.5. The molecule has 0 unspecified atom stereocenters. The quantitative estimate of drug-likeness (QED) is 0.880. The third-order valence-electron chi connectivity index (χ3n) is 2.11. The fraction of sp³-hybridized carbons (Fsp3) is 0.0833. The SMILES string of the molecule is COc1cc(C#N)cc(Oc2nccc(N)n2)c1. The van der Waals surface area contributed by atoms with E-state index >= 15 is 0 Å². The lowest BCUT2D eigenvalue weighted by Gasteiger charge is -2.06.